The molecular weight excluding hydrogens is 856 g/mol. The van der Waals surface area contributed by atoms with Gasteiger partial charge in [0.15, 0.2) is 18.4 Å². The normalized spacial score (nSPS) is 14.3. The maximum atomic E-state index is 14.7. The average molecular weight is 915 g/mol. The van der Waals surface area contributed by atoms with E-state index in [2.05, 4.69) is 24.3 Å². The van der Waals surface area contributed by atoms with Gasteiger partial charge in [-0.1, -0.05) is 24.3 Å². The minimum Gasteiger partial charge on any atom is -0.469 e. The lowest BCUT2D eigenvalue weighted by Gasteiger charge is -2.34. The Kier molecular flexibility index (Phi) is 27.4. The molecule has 2 aromatic rings. The maximum absolute atomic E-state index is 14.7. The smallest absolute Gasteiger partial charge is 0.336 e. The molecule has 3 unspecified atom stereocenters. The molecule has 1 heterocycles. The first-order chi connectivity index (χ1) is 30.2. The van der Waals surface area contributed by atoms with E-state index in [0.717, 1.165) is 19.2 Å². The molecule has 0 spiro atoms. The van der Waals surface area contributed by atoms with Crippen molar-refractivity contribution in [2.75, 3.05) is 55.9 Å². The fourth-order valence-electron chi connectivity index (χ4n) is 5.83. The SMILES string of the molecule is CC(F)c1c(F)cccc1C=O.CCOC(=O)/C=C(/C)N.CCOC(=O)C1=C(C)NC(C(OC)OC)=C(C(=O)OC)C1c1cccc(F)c1C(C)F.COC(=O)CC(=O)C(OC)OC. The van der Waals surface area contributed by atoms with Gasteiger partial charge in [0.05, 0.1) is 50.2 Å². The lowest BCUT2D eigenvalue weighted by Crippen LogP contribution is -2.38. The van der Waals surface area contributed by atoms with E-state index in [-0.39, 0.29) is 58.1 Å². The Morgan fingerprint density at radius 2 is 1.30 bits per heavy atom. The van der Waals surface area contributed by atoms with Crippen LogP contribution in [-0.4, -0.2) is 104 Å². The molecule has 0 saturated heterocycles. The van der Waals surface area contributed by atoms with E-state index in [4.69, 9.17) is 24.7 Å². The van der Waals surface area contributed by atoms with Crippen molar-refractivity contribution in [3.8, 4) is 0 Å². The molecule has 16 nitrogen and oxygen atoms in total. The number of carbonyl (C=O) groups is 6. The third-order valence-corrected chi connectivity index (χ3v) is 8.43. The number of dihydropyridines is 1. The molecule has 3 atom stereocenters. The van der Waals surface area contributed by atoms with Gasteiger partial charge in [-0.05, 0) is 59.2 Å². The summed E-state index contributed by atoms with van der Waals surface area (Å²) in [5.41, 5.74) is 5.84. The first kappa shape index (κ1) is 58.0. The van der Waals surface area contributed by atoms with Gasteiger partial charge in [0, 0.05) is 62.6 Å². The first-order valence-corrected chi connectivity index (χ1v) is 19.3. The Hall–Kier alpha value is -5.96. The highest BCUT2D eigenvalue weighted by molar-refractivity contribution is 6.00. The molecule has 1 aliphatic rings. The largest absolute Gasteiger partial charge is 0.469 e. The number of nitrogens with two attached hydrogens (primary N) is 1. The van der Waals surface area contributed by atoms with Gasteiger partial charge in [-0.15, -0.1) is 0 Å². The van der Waals surface area contributed by atoms with E-state index in [1.54, 1.807) is 27.7 Å². The number of hydrogen-bond acceptors (Lipinski definition) is 16. The van der Waals surface area contributed by atoms with Gasteiger partial charge < -0.3 is 48.9 Å². The van der Waals surface area contributed by atoms with Crippen LogP contribution in [0.15, 0.2) is 70.7 Å². The number of benzene rings is 2. The summed E-state index contributed by atoms with van der Waals surface area (Å²) in [5, 5.41) is 2.96. The highest BCUT2D eigenvalue weighted by Crippen LogP contribution is 2.43. The summed E-state index contributed by atoms with van der Waals surface area (Å²) in [5.74, 6) is -5.63. The van der Waals surface area contributed by atoms with Crippen molar-refractivity contribution < 1.29 is 84.2 Å². The summed E-state index contributed by atoms with van der Waals surface area (Å²) >= 11 is 0. The van der Waals surface area contributed by atoms with Crippen LogP contribution in [0.1, 0.15) is 93.3 Å². The fraction of sp³-hybridized carbons (Fsp3) is 0.455. The van der Waals surface area contributed by atoms with Gasteiger partial charge in [0.2, 0.25) is 6.29 Å². The number of rotatable bonds is 17. The number of Topliss-reactive ketones (excluding diaryl/α,β-unsaturated/α-hetero) is 1. The second kappa shape index (κ2) is 30.2. The Morgan fingerprint density at radius 1 is 0.766 bits per heavy atom. The minimum absolute atomic E-state index is 0.0319. The number of nitrogens with one attached hydrogen (secondary N) is 1. The topological polar surface area (TPSA) is 214 Å². The van der Waals surface area contributed by atoms with Crippen molar-refractivity contribution in [3.05, 3.63) is 105 Å². The van der Waals surface area contributed by atoms with Gasteiger partial charge in [-0.2, -0.15) is 0 Å². The van der Waals surface area contributed by atoms with Crippen molar-refractivity contribution in [1.29, 1.82) is 0 Å². The predicted molar refractivity (Wildman–Crippen MR) is 223 cm³/mol. The molecule has 356 valence electrons. The molecule has 3 N–H and O–H groups in total. The third-order valence-electron chi connectivity index (χ3n) is 8.43. The van der Waals surface area contributed by atoms with Crippen molar-refractivity contribution in [2.24, 2.45) is 5.73 Å². The van der Waals surface area contributed by atoms with Gasteiger partial charge in [0.1, 0.15) is 30.4 Å². The quantitative estimate of drug-likeness (QED) is 0.0342. The second-order valence-electron chi connectivity index (χ2n) is 12.9. The third kappa shape index (κ3) is 17.7. The van der Waals surface area contributed by atoms with Gasteiger partial charge in [-0.3, -0.25) is 14.4 Å². The van der Waals surface area contributed by atoms with Crippen LogP contribution in [0.5, 0.6) is 0 Å². The van der Waals surface area contributed by atoms with Crippen LogP contribution in [0, 0.1) is 11.6 Å². The number of halogens is 4. The zero-order valence-corrected chi connectivity index (χ0v) is 37.9. The molecule has 1 aliphatic heterocycles. The van der Waals surface area contributed by atoms with Crippen molar-refractivity contribution in [3.63, 3.8) is 0 Å². The van der Waals surface area contributed by atoms with Gasteiger partial charge >= 0.3 is 23.9 Å². The molecule has 2 aromatic carbocycles. The number of alkyl halides is 2. The molecule has 0 fully saturated rings. The van der Waals surface area contributed by atoms with Crippen LogP contribution >= 0.6 is 0 Å². The van der Waals surface area contributed by atoms with Crippen LogP contribution in [0.3, 0.4) is 0 Å². The number of hydrogen-bond donors (Lipinski definition) is 2. The fourth-order valence-corrected chi connectivity index (χ4v) is 5.83. The van der Waals surface area contributed by atoms with Crippen molar-refractivity contribution in [1.82, 2.24) is 5.32 Å². The molecule has 64 heavy (non-hydrogen) atoms. The zero-order valence-electron chi connectivity index (χ0n) is 37.9. The Balaban J connectivity index is 0.000000981. The standard InChI is InChI=1S/C22H27F2NO6.C9H8F2O.C7H12O5.C6H11NO2/c1-7-31-21(27)16-12(3)25-19(22(29-5)30-6)18(20(26)28-4)17(16)13-9-8-10-14(24)15(13)11(2)23;1-6(10)9-7(5-12)3-2-4-8(9)11;1-10-6(9)4-5(8)7(11-2)12-3;1-3-9-6(8)4-5(2)7/h8-11,17,22,25H,7H2,1-6H3;2-6H,1H3;7H,4H2,1-3H3;4H,3,7H2,1-2H3/b;;;5-4-. The van der Waals surface area contributed by atoms with E-state index in [1.807, 2.05) is 0 Å². The number of ketones is 1. The highest BCUT2D eigenvalue weighted by atomic mass is 19.1. The van der Waals surface area contributed by atoms with Crippen molar-refractivity contribution in [2.45, 2.75) is 78.8 Å². The monoisotopic (exact) mass is 914 g/mol. The minimum atomic E-state index is -1.71. The molecule has 0 bridgehead atoms. The summed E-state index contributed by atoms with van der Waals surface area (Å²) < 4.78 is 93.6. The number of methoxy groups -OCH3 is 6. The number of allylic oxidation sites excluding steroid dienone is 2. The zero-order chi connectivity index (χ0) is 49.3. The summed E-state index contributed by atoms with van der Waals surface area (Å²) in [6.45, 7) is 9.45. The van der Waals surface area contributed by atoms with Crippen LogP contribution in [-0.2, 0) is 61.9 Å². The average Bonchev–Trinajstić information content (AvgIpc) is 3.24. The van der Waals surface area contributed by atoms with E-state index >= 15 is 0 Å². The first-order valence-electron chi connectivity index (χ1n) is 19.3. The predicted octanol–water partition coefficient (Wildman–Crippen LogP) is 6.24. The van der Waals surface area contributed by atoms with Crippen molar-refractivity contribution >= 4 is 35.9 Å². The molecule has 0 saturated carbocycles. The summed E-state index contributed by atoms with van der Waals surface area (Å²) in [4.78, 5) is 68.2. The molecule has 0 aliphatic carbocycles. The second-order valence-corrected chi connectivity index (χ2v) is 12.9. The Morgan fingerprint density at radius 3 is 1.72 bits per heavy atom. The Labute approximate surface area is 370 Å². The number of aldehydes is 1. The summed E-state index contributed by atoms with van der Waals surface area (Å²) in [6.07, 6.45) is -3.80. The number of esters is 4. The van der Waals surface area contributed by atoms with Crippen LogP contribution in [0.25, 0.3) is 0 Å². The maximum Gasteiger partial charge on any atom is 0.336 e. The lowest BCUT2D eigenvalue weighted by atomic mass is 9.77. The molecule has 0 radical (unpaired) electrons. The highest BCUT2D eigenvalue weighted by Gasteiger charge is 2.42. The van der Waals surface area contributed by atoms with E-state index in [0.29, 0.717) is 24.3 Å². The molecule has 0 aromatic heterocycles. The summed E-state index contributed by atoms with van der Waals surface area (Å²) in [6, 6.07) is 7.87. The Bertz CT molecular complexity index is 1970. The van der Waals surface area contributed by atoms with Crippen LogP contribution < -0.4 is 11.1 Å². The molecular formula is C44H58F4N2O14. The van der Waals surface area contributed by atoms with Crippen LogP contribution in [0.4, 0.5) is 17.6 Å². The van der Waals surface area contributed by atoms with E-state index in [9.17, 15) is 46.3 Å². The van der Waals surface area contributed by atoms with E-state index < -0.39 is 66.2 Å². The van der Waals surface area contributed by atoms with Gasteiger partial charge in [-0.25, -0.2) is 31.9 Å². The molecule has 20 heteroatoms. The summed E-state index contributed by atoms with van der Waals surface area (Å²) in [7, 11) is 7.75. The van der Waals surface area contributed by atoms with E-state index in [1.165, 1.54) is 79.7 Å². The number of ether oxygens (including phenoxy) is 8. The molecule has 3 rings (SSSR count). The number of carbonyl (C=O) groups excluding carboxylic acids is 6. The van der Waals surface area contributed by atoms with Crippen LogP contribution in [0.2, 0.25) is 0 Å². The molecule has 0 amide bonds. The lowest BCUT2D eigenvalue weighted by molar-refractivity contribution is -0.161. The van der Waals surface area contributed by atoms with Gasteiger partial charge in [0.25, 0.3) is 0 Å².